The van der Waals surface area contributed by atoms with Crippen LogP contribution >= 0.6 is 24.4 Å². The maximum absolute atomic E-state index is 11.4. The molecule has 0 radical (unpaired) electrons. The van der Waals surface area contributed by atoms with Crippen LogP contribution in [0.5, 0.6) is 0 Å². The number of aromatic nitrogens is 2. The Morgan fingerprint density at radius 1 is 1.62 bits per heavy atom. The summed E-state index contributed by atoms with van der Waals surface area (Å²) in [6.45, 7) is 4.21. The normalized spacial score (nSPS) is 12.7. The summed E-state index contributed by atoms with van der Waals surface area (Å²) in [7, 11) is 0. The molecule has 0 fully saturated rings. The van der Waals surface area contributed by atoms with Gasteiger partial charge in [-0.15, -0.1) is 0 Å². The molecule has 1 aromatic heterocycles. The van der Waals surface area contributed by atoms with Gasteiger partial charge >= 0.3 is 0 Å². The Morgan fingerprint density at radius 2 is 2.38 bits per heavy atom. The number of hydrogen-bond acceptors (Lipinski definition) is 4. The molecule has 1 unspecified atom stereocenters. The van der Waals surface area contributed by atoms with Crippen LogP contribution in [0.15, 0.2) is 16.0 Å². The van der Waals surface area contributed by atoms with Gasteiger partial charge in [-0.05, 0) is 18.1 Å². The lowest BCUT2D eigenvalue weighted by molar-refractivity contribution is 0.760. The largest absolute Gasteiger partial charge is 0.301 e. The number of thiol groups is 1. The molecule has 0 aliphatic carbocycles. The molecule has 1 N–H and O–H groups in total. The van der Waals surface area contributed by atoms with Gasteiger partial charge in [-0.1, -0.05) is 32.0 Å². The minimum absolute atomic E-state index is 0.0560. The summed E-state index contributed by atoms with van der Waals surface area (Å²) in [6, 6.07) is 1.58. The highest BCUT2D eigenvalue weighted by Crippen LogP contribution is 2.16. The third-order valence-electron chi connectivity index (χ3n) is 2.10. The molecule has 90 valence electrons. The zero-order valence-electron chi connectivity index (χ0n) is 9.69. The Kier molecular flexibility index (Phi) is 5.98. The first-order valence-corrected chi connectivity index (χ1v) is 7.11. The molecular weight excluding hydrogens is 240 g/mol. The van der Waals surface area contributed by atoms with Crippen molar-refractivity contribution >= 4 is 24.4 Å². The standard InChI is InChI=1S/C11H18N2OS2/c1-3-4-9-5-10(14)13-11(12-9)16-7-8(2)6-15/h5,8,15H,3-4,6-7H2,1-2H3,(H,12,13,14). The quantitative estimate of drug-likeness (QED) is 0.468. The SMILES string of the molecule is CCCc1cc(=O)[nH]c(SCC(C)CS)n1. The molecule has 3 nitrogen and oxygen atoms in total. The first kappa shape index (κ1) is 13.6. The second-order valence-electron chi connectivity index (χ2n) is 3.89. The van der Waals surface area contributed by atoms with Gasteiger partial charge in [0.25, 0.3) is 5.56 Å². The van der Waals surface area contributed by atoms with Crippen LogP contribution in [0.3, 0.4) is 0 Å². The second-order valence-corrected chi connectivity index (χ2v) is 5.26. The molecule has 0 aliphatic heterocycles. The van der Waals surface area contributed by atoms with Gasteiger partial charge in [-0.25, -0.2) is 4.98 Å². The van der Waals surface area contributed by atoms with E-state index in [-0.39, 0.29) is 5.56 Å². The van der Waals surface area contributed by atoms with Crippen molar-refractivity contribution in [3.8, 4) is 0 Å². The molecule has 0 bridgehead atoms. The van der Waals surface area contributed by atoms with Crippen LogP contribution in [0.1, 0.15) is 26.0 Å². The molecule has 0 spiro atoms. The molecule has 5 heteroatoms. The van der Waals surface area contributed by atoms with Crippen molar-refractivity contribution in [3.05, 3.63) is 22.1 Å². The number of hydrogen-bond donors (Lipinski definition) is 2. The Bertz CT molecular complexity index is 378. The highest BCUT2D eigenvalue weighted by molar-refractivity contribution is 7.99. The average Bonchev–Trinajstić information content (AvgIpc) is 2.25. The van der Waals surface area contributed by atoms with Crippen LogP contribution in [-0.4, -0.2) is 21.5 Å². The van der Waals surface area contributed by atoms with Gasteiger partial charge in [0.15, 0.2) is 5.16 Å². The highest BCUT2D eigenvalue weighted by atomic mass is 32.2. The van der Waals surface area contributed by atoms with Gasteiger partial charge in [0.2, 0.25) is 0 Å². The first-order chi connectivity index (χ1) is 7.65. The summed E-state index contributed by atoms with van der Waals surface area (Å²) < 4.78 is 0. The molecule has 1 atom stereocenters. The molecule has 1 aromatic rings. The van der Waals surface area contributed by atoms with E-state index in [0.717, 1.165) is 35.2 Å². The van der Waals surface area contributed by atoms with E-state index < -0.39 is 0 Å². The van der Waals surface area contributed by atoms with Gasteiger partial charge in [0.1, 0.15) is 0 Å². The van der Waals surface area contributed by atoms with Crippen molar-refractivity contribution in [2.24, 2.45) is 5.92 Å². The topological polar surface area (TPSA) is 45.8 Å². The fraction of sp³-hybridized carbons (Fsp3) is 0.636. The van der Waals surface area contributed by atoms with E-state index in [1.807, 2.05) is 0 Å². The molecule has 0 saturated carbocycles. The number of aromatic amines is 1. The third-order valence-corrected chi connectivity index (χ3v) is 3.92. The van der Waals surface area contributed by atoms with Crippen LogP contribution in [0.2, 0.25) is 0 Å². The van der Waals surface area contributed by atoms with Crippen molar-refractivity contribution in [1.29, 1.82) is 0 Å². The summed E-state index contributed by atoms with van der Waals surface area (Å²) >= 11 is 5.82. The molecule has 1 heterocycles. The van der Waals surface area contributed by atoms with E-state index in [2.05, 4.69) is 36.4 Å². The van der Waals surface area contributed by atoms with Crippen LogP contribution < -0.4 is 5.56 Å². The molecule has 16 heavy (non-hydrogen) atoms. The second kappa shape index (κ2) is 7.01. The van der Waals surface area contributed by atoms with E-state index in [9.17, 15) is 4.79 Å². The van der Waals surface area contributed by atoms with Gasteiger partial charge in [0.05, 0.1) is 0 Å². The number of nitrogens with one attached hydrogen (secondary N) is 1. The van der Waals surface area contributed by atoms with Crippen LogP contribution in [0.25, 0.3) is 0 Å². The lowest BCUT2D eigenvalue weighted by Crippen LogP contribution is -2.11. The minimum atomic E-state index is -0.0560. The molecule has 0 aliphatic rings. The average molecular weight is 258 g/mol. The number of rotatable bonds is 6. The van der Waals surface area contributed by atoms with Gasteiger partial charge in [-0.3, -0.25) is 4.79 Å². The van der Waals surface area contributed by atoms with E-state index >= 15 is 0 Å². The van der Waals surface area contributed by atoms with E-state index in [1.165, 1.54) is 0 Å². The third kappa shape index (κ3) is 4.61. The number of H-pyrrole nitrogens is 1. The maximum Gasteiger partial charge on any atom is 0.251 e. The summed E-state index contributed by atoms with van der Waals surface area (Å²) in [5.74, 6) is 2.31. The number of nitrogens with zero attached hydrogens (tertiary/aromatic N) is 1. The molecule has 1 rings (SSSR count). The van der Waals surface area contributed by atoms with Gasteiger partial charge < -0.3 is 4.98 Å². The van der Waals surface area contributed by atoms with Crippen molar-refractivity contribution < 1.29 is 0 Å². The monoisotopic (exact) mass is 258 g/mol. The zero-order chi connectivity index (χ0) is 12.0. The molecule has 0 saturated heterocycles. The van der Waals surface area contributed by atoms with E-state index in [4.69, 9.17) is 0 Å². The number of aryl methyl sites for hydroxylation is 1. The molecule has 0 aromatic carbocycles. The fourth-order valence-electron chi connectivity index (χ4n) is 1.21. The van der Waals surface area contributed by atoms with Crippen molar-refractivity contribution in [2.75, 3.05) is 11.5 Å². The first-order valence-electron chi connectivity index (χ1n) is 5.49. The predicted molar refractivity (Wildman–Crippen MR) is 72.6 cm³/mol. The van der Waals surface area contributed by atoms with Crippen molar-refractivity contribution in [1.82, 2.24) is 9.97 Å². The zero-order valence-corrected chi connectivity index (χ0v) is 11.4. The lowest BCUT2D eigenvalue weighted by Gasteiger charge is -2.07. The predicted octanol–water partition coefficient (Wildman–Crippen LogP) is 2.38. The highest BCUT2D eigenvalue weighted by Gasteiger charge is 2.04. The minimum Gasteiger partial charge on any atom is -0.301 e. The summed E-state index contributed by atoms with van der Waals surface area (Å²) in [4.78, 5) is 18.5. The summed E-state index contributed by atoms with van der Waals surface area (Å²) in [6.07, 6.45) is 1.87. The Labute approximate surface area is 106 Å². The maximum atomic E-state index is 11.4. The van der Waals surface area contributed by atoms with E-state index in [0.29, 0.717) is 5.92 Å². The Balaban J connectivity index is 2.68. The van der Waals surface area contributed by atoms with Gasteiger partial charge in [-0.2, -0.15) is 12.6 Å². The van der Waals surface area contributed by atoms with Crippen molar-refractivity contribution in [2.45, 2.75) is 31.8 Å². The van der Waals surface area contributed by atoms with Crippen LogP contribution in [0.4, 0.5) is 0 Å². The smallest absolute Gasteiger partial charge is 0.251 e. The summed E-state index contributed by atoms with van der Waals surface area (Å²) in [5, 5.41) is 0.726. The Morgan fingerprint density at radius 3 is 3.00 bits per heavy atom. The van der Waals surface area contributed by atoms with Crippen LogP contribution in [-0.2, 0) is 6.42 Å². The lowest BCUT2D eigenvalue weighted by atomic mass is 10.2. The molecule has 0 amide bonds. The Hall–Kier alpha value is -0.420. The van der Waals surface area contributed by atoms with E-state index in [1.54, 1.807) is 17.8 Å². The summed E-state index contributed by atoms with van der Waals surface area (Å²) in [5.41, 5.74) is 0.826. The van der Waals surface area contributed by atoms with Crippen molar-refractivity contribution in [3.63, 3.8) is 0 Å². The fourth-order valence-corrected chi connectivity index (χ4v) is 2.43. The number of thioether (sulfide) groups is 1. The molecular formula is C11H18N2OS2. The van der Waals surface area contributed by atoms with Gasteiger partial charge in [0, 0.05) is 17.5 Å². The van der Waals surface area contributed by atoms with Crippen LogP contribution in [0, 0.1) is 5.92 Å².